The van der Waals surface area contributed by atoms with Gasteiger partial charge in [-0.1, -0.05) is 12.1 Å². The lowest BCUT2D eigenvalue weighted by atomic mass is 10.2. The number of nitro groups is 1. The number of pyridine rings is 1. The van der Waals surface area contributed by atoms with Gasteiger partial charge in [0.05, 0.1) is 35.5 Å². The number of rotatable bonds is 6. The lowest BCUT2D eigenvalue weighted by Gasteiger charge is -2.18. The predicted molar refractivity (Wildman–Crippen MR) is 109 cm³/mol. The maximum absolute atomic E-state index is 14.2. The molecule has 3 aromatic rings. The Morgan fingerprint density at radius 1 is 1.35 bits per heavy atom. The molecule has 0 N–H and O–H groups in total. The number of carbonyl (C=O) groups excluding carboxylic acids is 2. The first-order chi connectivity index (χ1) is 14.7. The van der Waals surface area contributed by atoms with E-state index in [-0.39, 0.29) is 28.6 Å². The third kappa shape index (κ3) is 4.48. The van der Waals surface area contributed by atoms with Crippen LogP contribution in [0, 0.1) is 15.9 Å². The number of ether oxygens (including phenoxy) is 1. The Bertz CT molecular complexity index is 1240. The SMILES string of the molecule is COC(=O)c1cc([N+](=O)[O-])c(=O)n(Cc2csc(N(C(C)=O)c3ccccc3F)n2)c1. The summed E-state index contributed by atoms with van der Waals surface area (Å²) in [7, 11) is 1.11. The average molecular weight is 446 g/mol. The van der Waals surface area contributed by atoms with Crippen molar-refractivity contribution in [3.8, 4) is 0 Å². The van der Waals surface area contributed by atoms with E-state index in [0.717, 1.165) is 40.2 Å². The summed E-state index contributed by atoms with van der Waals surface area (Å²) in [6, 6.07) is 6.52. The monoisotopic (exact) mass is 446 g/mol. The summed E-state index contributed by atoms with van der Waals surface area (Å²) in [5.41, 5.74) is -1.63. The van der Waals surface area contributed by atoms with Crippen LogP contribution in [0.1, 0.15) is 23.0 Å². The minimum atomic E-state index is -0.940. The summed E-state index contributed by atoms with van der Waals surface area (Å²) in [5.74, 6) is -1.95. The number of hydrogen-bond acceptors (Lipinski definition) is 8. The van der Waals surface area contributed by atoms with Crippen LogP contribution in [0.4, 0.5) is 20.9 Å². The van der Waals surface area contributed by atoms with Crippen molar-refractivity contribution in [2.75, 3.05) is 12.0 Å². The van der Waals surface area contributed by atoms with Crippen LogP contribution < -0.4 is 10.5 Å². The molecule has 2 aromatic heterocycles. The van der Waals surface area contributed by atoms with Crippen LogP contribution in [-0.2, 0) is 16.1 Å². The van der Waals surface area contributed by atoms with Crippen LogP contribution in [0.3, 0.4) is 0 Å². The Morgan fingerprint density at radius 3 is 2.68 bits per heavy atom. The van der Waals surface area contributed by atoms with E-state index in [0.29, 0.717) is 0 Å². The quantitative estimate of drug-likeness (QED) is 0.324. The summed E-state index contributed by atoms with van der Waals surface area (Å²) in [6.45, 7) is 1.03. The highest BCUT2D eigenvalue weighted by atomic mass is 32.1. The molecule has 0 unspecified atom stereocenters. The van der Waals surface area contributed by atoms with E-state index in [1.165, 1.54) is 30.5 Å². The van der Waals surface area contributed by atoms with Crippen LogP contribution in [-0.4, -0.2) is 33.5 Å². The molecule has 31 heavy (non-hydrogen) atoms. The first-order valence-corrected chi connectivity index (χ1v) is 9.57. The number of thiazole rings is 1. The molecule has 2 heterocycles. The second kappa shape index (κ2) is 8.83. The van der Waals surface area contributed by atoms with E-state index >= 15 is 0 Å². The van der Waals surface area contributed by atoms with Gasteiger partial charge in [0.25, 0.3) is 0 Å². The fraction of sp³-hybridized carbons (Fsp3) is 0.158. The predicted octanol–water partition coefficient (Wildman–Crippen LogP) is 2.87. The van der Waals surface area contributed by atoms with E-state index < -0.39 is 33.9 Å². The largest absolute Gasteiger partial charge is 0.465 e. The first-order valence-electron chi connectivity index (χ1n) is 8.69. The molecule has 12 heteroatoms. The number of para-hydroxylation sites is 1. The number of aromatic nitrogens is 2. The van der Waals surface area contributed by atoms with Crippen LogP contribution >= 0.6 is 11.3 Å². The number of benzene rings is 1. The van der Waals surface area contributed by atoms with Crippen LogP contribution in [0.5, 0.6) is 0 Å². The van der Waals surface area contributed by atoms with Gasteiger partial charge in [-0.3, -0.25) is 24.6 Å². The molecule has 0 aliphatic rings. The number of halogens is 1. The van der Waals surface area contributed by atoms with Gasteiger partial charge in [-0.25, -0.2) is 14.2 Å². The Balaban J connectivity index is 2.00. The highest BCUT2D eigenvalue weighted by Crippen LogP contribution is 2.30. The highest BCUT2D eigenvalue weighted by Gasteiger charge is 2.23. The molecular formula is C19H15FN4O6S. The minimum absolute atomic E-state index is 0.0105. The van der Waals surface area contributed by atoms with Gasteiger partial charge < -0.3 is 9.30 Å². The van der Waals surface area contributed by atoms with Crippen molar-refractivity contribution >= 4 is 39.7 Å². The van der Waals surface area contributed by atoms with Crippen molar-refractivity contribution in [1.29, 1.82) is 0 Å². The number of methoxy groups -OCH3 is 1. The minimum Gasteiger partial charge on any atom is -0.465 e. The van der Waals surface area contributed by atoms with Crippen LogP contribution in [0.25, 0.3) is 0 Å². The summed E-state index contributed by atoms with van der Waals surface area (Å²) in [4.78, 5) is 52.0. The topological polar surface area (TPSA) is 125 Å². The van der Waals surface area contributed by atoms with Gasteiger partial charge in [0.1, 0.15) is 5.82 Å². The van der Waals surface area contributed by atoms with E-state index in [4.69, 9.17) is 0 Å². The smallest absolute Gasteiger partial charge is 0.339 e. The molecule has 0 saturated heterocycles. The van der Waals surface area contributed by atoms with E-state index in [2.05, 4.69) is 9.72 Å². The Morgan fingerprint density at radius 2 is 2.06 bits per heavy atom. The second-order valence-corrected chi connectivity index (χ2v) is 7.06. The Labute approximate surface area is 178 Å². The average Bonchev–Trinajstić information content (AvgIpc) is 3.18. The van der Waals surface area contributed by atoms with E-state index in [1.54, 1.807) is 6.07 Å². The summed E-state index contributed by atoms with van der Waals surface area (Å²) in [6.07, 6.45) is 1.12. The summed E-state index contributed by atoms with van der Waals surface area (Å²) >= 11 is 1.03. The molecule has 0 bridgehead atoms. The molecule has 0 atom stereocenters. The lowest BCUT2D eigenvalue weighted by Crippen LogP contribution is -2.25. The van der Waals surface area contributed by atoms with E-state index in [9.17, 15) is 28.9 Å². The summed E-state index contributed by atoms with van der Waals surface area (Å²) < 4.78 is 19.7. The zero-order valence-corrected chi connectivity index (χ0v) is 17.1. The molecule has 0 aliphatic carbocycles. The lowest BCUT2D eigenvalue weighted by molar-refractivity contribution is -0.386. The zero-order valence-electron chi connectivity index (χ0n) is 16.3. The number of amides is 1. The molecule has 10 nitrogen and oxygen atoms in total. The molecule has 1 aromatic carbocycles. The fourth-order valence-electron chi connectivity index (χ4n) is 2.78. The Kier molecular flexibility index (Phi) is 6.20. The van der Waals surface area contributed by atoms with Gasteiger partial charge in [0, 0.05) is 24.6 Å². The molecule has 0 saturated carbocycles. The standard InChI is InChI=1S/C19H15FN4O6S/c1-11(25)23(15-6-4-3-5-14(15)20)19-21-13(10-31-19)9-22-8-12(18(27)30-2)7-16(17(22)26)24(28)29/h3-8,10H,9H2,1-2H3. The van der Waals surface area contributed by atoms with Gasteiger partial charge in [-0.15, -0.1) is 11.3 Å². The second-order valence-electron chi connectivity index (χ2n) is 6.22. The van der Waals surface area contributed by atoms with Gasteiger partial charge in [-0.2, -0.15) is 0 Å². The molecule has 3 rings (SSSR count). The van der Waals surface area contributed by atoms with Crippen LogP contribution in [0.15, 0.2) is 46.7 Å². The number of esters is 1. The van der Waals surface area contributed by atoms with Crippen molar-refractivity contribution in [2.24, 2.45) is 0 Å². The fourth-order valence-corrected chi connectivity index (χ4v) is 3.66. The van der Waals surface area contributed by atoms with Crippen molar-refractivity contribution in [2.45, 2.75) is 13.5 Å². The number of hydrogen-bond donors (Lipinski definition) is 0. The Hall–Kier alpha value is -3.93. The molecule has 0 fully saturated rings. The molecular weight excluding hydrogens is 431 g/mol. The number of nitrogens with zero attached hydrogens (tertiary/aromatic N) is 4. The normalized spacial score (nSPS) is 10.5. The molecule has 0 radical (unpaired) electrons. The zero-order chi connectivity index (χ0) is 22.7. The summed E-state index contributed by atoms with van der Waals surface area (Å²) in [5, 5.41) is 12.9. The van der Waals surface area contributed by atoms with Gasteiger partial charge >= 0.3 is 17.2 Å². The van der Waals surface area contributed by atoms with Gasteiger partial charge in [0.15, 0.2) is 5.13 Å². The molecule has 160 valence electrons. The first kappa shape index (κ1) is 21.8. The van der Waals surface area contributed by atoms with Crippen molar-refractivity contribution in [3.05, 3.63) is 79.5 Å². The molecule has 0 spiro atoms. The molecule has 0 aliphatic heterocycles. The van der Waals surface area contributed by atoms with Crippen molar-refractivity contribution in [1.82, 2.24) is 9.55 Å². The molecule has 1 amide bonds. The maximum Gasteiger partial charge on any atom is 0.339 e. The third-order valence-electron chi connectivity index (χ3n) is 4.16. The highest BCUT2D eigenvalue weighted by molar-refractivity contribution is 7.14. The van der Waals surface area contributed by atoms with Crippen LogP contribution in [0.2, 0.25) is 0 Å². The maximum atomic E-state index is 14.2. The number of carbonyl (C=O) groups is 2. The third-order valence-corrected chi connectivity index (χ3v) is 5.03. The van der Waals surface area contributed by atoms with Gasteiger partial charge in [0.2, 0.25) is 5.91 Å². The van der Waals surface area contributed by atoms with Crippen molar-refractivity contribution < 1.29 is 23.6 Å². The number of anilines is 2. The van der Waals surface area contributed by atoms with Gasteiger partial charge in [-0.05, 0) is 12.1 Å². The van der Waals surface area contributed by atoms with E-state index in [1.807, 2.05) is 0 Å². The van der Waals surface area contributed by atoms with Crippen molar-refractivity contribution in [3.63, 3.8) is 0 Å².